The smallest absolute Gasteiger partial charge is 0.299 e. The van der Waals surface area contributed by atoms with Crippen LogP contribution in [0.2, 0.25) is 0 Å². The van der Waals surface area contributed by atoms with Gasteiger partial charge in [-0.3, -0.25) is 14.0 Å². The average molecular weight is 522 g/mol. The predicted octanol–water partition coefficient (Wildman–Crippen LogP) is 4.66. The summed E-state index contributed by atoms with van der Waals surface area (Å²) in [6.07, 6.45) is 9.80. The number of piperidine rings is 1. The van der Waals surface area contributed by atoms with Gasteiger partial charge in [0.25, 0.3) is 11.8 Å². The number of nitrogens with two attached hydrogens (primary N) is 1. The van der Waals surface area contributed by atoms with Crippen LogP contribution in [0, 0.1) is 11.8 Å². The van der Waals surface area contributed by atoms with Crippen molar-refractivity contribution in [2.75, 3.05) is 17.6 Å². The zero-order valence-corrected chi connectivity index (χ0v) is 22.1. The highest BCUT2D eigenvalue weighted by molar-refractivity contribution is 6.04. The minimum Gasteiger partial charge on any atom is -0.382 e. The van der Waals surface area contributed by atoms with Crippen LogP contribution in [0.25, 0.3) is 16.8 Å². The third-order valence-electron chi connectivity index (χ3n) is 6.93. The number of likely N-dealkylation sites (tertiary alicyclic amines) is 1. The Morgan fingerprint density at radius 2 is 1.95 bits per heavy atom. The molecule has 0 saturated carbocycles. The Balaban J connectivity index is 1.47. The van der Waals surface area contributed by atoms with E-state index in [9.17, 15) is 9.59 Å². The van der Waals surface area contributed by atoms with Crippen molar-refractivity contribution < 1.29 is 9.59 Å². The molecule has 9 heteroatoms. The zero-order chi connectivity index (χ0) is 27.4. The first-order chi connectivity index (χ1) is 19.0. The summed E-state index contributed by atoms with van der Waals surface area (Å²) in [6, 6.07) is 10.8. The lowest BCUT2D eigenvalue weighted by Crippen LogP contribution is -2.38. The standard InChI is InChI=1S/C30H31N7O2/c1-3-7-20-14-15-32-24(19-20)34-30(39)22-12-10-21(11-13-22)26-27-28(31)33-16-18-37(27)29(35-26)23-9-5-6-17-36(23)25(38)8-4-2/h10-16,18-19,23H,3,5-7,9,17H2,1-2H3,(H2,31,33)(H,32,34,39). The van der Waals surface area contributed by atoms with E-state index in [1.54, 1.807) is 36.4 Å². The van der Waals surface area contributed by atoms with Gasteiger partial charge in [0.15, 0.2) is 0 Å². The molecule has 0 spiro atoms. The first-order valence-electron chi connectivity index (χ1n) is 13.2. The number of nitrogen functional groups attached to an aromatic ring is 1. The molecule has 198 valence electrons. The molecule has 1 aliphatic rings. The van der Waals surface area contributed by atoms with E-state index in [0.29, 0.717) is 35.0 Å². The van der Waals surface area contributed by atoms with E-state index in [0.717, 1.165) is 49.1 Å². The van der Waals surface area contributed by atoms with Crippen LogP contribution in [0.4, 0.5) is 11.6 Å². The molecule has 2 amide bonds. The number of aryl methyl sites for hydroxylation is 1. The molecule has 1 atom stereocenters. The number of imidazole rings is 1. The lowest BCUT2D eigenvalue weighted by molar-refractivity contribution is -0.129. The van der Waals surface area contributed by atoms with E-state index >= 15 is 0 Å². The van der Waals surface area contributed by atoms with Gasteiger partial charge in [0, 0.05) is 36.3 Å². The SMILES string of the molecule is CC#CC(=O)N1CCCCC1c1nc(-c2ccc(C(=O)Nc3cc(CCC)ccn3)cc2)c2c(N)nccn12. The van der Waals surface area contributed by atoms with Gasteiger partial charge in [-0.1, -0.05) is 31.4 Å². The molecule has 9 nitrogen and oxygen atoms in total. The minimum atomic E-state index is -0.243. The molecule has 0 aliphatic carbocycles. The molecule has 0 bridgehead atoms. The Labute approximate surface area is 227 Å². The Bertz CT molecular complexity index is 1580. The first kappa shape index (κ1) is 25.9. The second-order valence-corrected chi connectivity index (χ2v) is 9.57. The number of rotatable bonds is 6. The van der Waals surface area contributed by atoms with Crippen LogP contribution in [-0.4, -0.2) is 42.6 Å². The monoisotopic (exact) mass is 521 g/mol. The van der Waals surface area contributed by atoms with Gasteiger partial charge >= 0.3 is 0 Å². The second-order valence-electron chi connectivity index (χ2n) is 9.57. The van der Waals surface area contributed by atoms with Gasteiger partial charge in [-0.2, -0.15) is 0 Å². The maximum absolute atomic E-state index is 12.9. The van der Waals surface area contributed by atoms with Gasteiger partial charge in [0.2, 0.25) is 0 Å². The summed E-state index contributed by atoms with van der Waals surface area (Å²) in [5.74, 6) is 6.54. The molecule has 1 fully saturated rings. The fraction of sp³-hybridized carbons (Fsp3) is 0.300. The molecule has 39 heavy (non-hydrogen) atoms. The van der Waals surface area contributed by atoms with Crippen molar-refractivity contribution in [3.05, 3.63) is 71.9 Å². The summed E-state index contributed by atoms with van der Waals surface area (Å²) in [4.78, 5) is 41.1. The summed E-state index contributed by atoms with van der Waals surface area (Å²) >= 11 is 0. The van der Waals surface area contributed by atoms with E-state index in [4.69, 9.17) is 10.7 Å². The summed E-state index contributed by atoms with van der Waals surface area (Å²) < 4.78 is 1.92. The molecule has 4 aromatic rings. The maximum atomic E-state index is 12.9. The number of anilines is 2. The Hall–Kier alpha value is -4.71. The van der Waals surface area contributed by atoms with Crippen LogP contribution in [0.1, 0.15) is 67.3 Å². The molecule has 5 rings (SSSR count). The number of carbonyl (C=O) groups is 2. The Kier molecular flexibility index (Phi) is 7.55. The number of hydrogen-bond acceptors (Lipinski definition) is 6. The van der Waals surface area contributed by atoms with Gasteiger partial charge in [-0.15, -0.1) is 0 Å². The van der Waals surface area contributed by atoms with Crippen molar-refractivity contribution >= 4 is 29.0 Å². The normalized spacial score (nSPS) is 15.0. The van der Waals surface area contributed by atoms with Crippen LogP contribution in [0.5, 0.6) is 0 Å². The van der Waals surface area contributed by atoms with Crippen LogP contribution in [-0.2, 0) is 11.2 Å². The summed E-state index contributed by atoms with van der Waals surface area (Å²) in [5.41, 5.74) is 10.1. The molecule has 3 aromatic heterocycles. The molecule has 1 aliphatic heterocycles. The number of benzene rings is 1. The molecule has 1 aromatic carbocycles. The molecule has 4 heterocycles. The number of nitrogens with zero attached hydrogens (tertiary/aromatic N) is 5. The predicted molar refractivity (Wildman–Crippen MR) is 151 cm³/mol. The van der Waals surface area contributed by atoms with Gasteiger partial charge in [0.05, 0.1) is 6.04 Å². The van der Waals surface area contributed by atoms with Crippen molar-refractivity contribution in [1.82, 2.24) is 24.3 Å². The topological polar surface area (TPSA) is 119 Å². The lowest BCUT2D eigenvalue weighted by Gasteiger charge is -2.33. The largest absolute Gasteiger partial charge is 0.382 e. The van der Waals surface area contributed by atoms with E-state index in [2.05, 4.69) is 34.0 Å². The highest BCUT2D eigenvalue weighted by Crippen LogP contribution is 2.35. The van der Waals surface area contributed by atoms with Crippen molar-refractivity contribution in [3.63, 3.8) is 0 Å². The first-order valence-corrected chi connectivity index (χ1v) is 13.2. The molecule has 1 unspecified atom stereocenters. The van der Waals surface area contributed by atoms with Crippen LogP contribution < -0.4 is 11.1 Å². The number of aromatic nitrogens is 4. The fourth-order valence-electron chi connectivity index (χ4n) is 5.10. The Morgan fingerprint density at radius 3 is 2.72 bits per heavy atom. The van der Waals surface area contributed by atoms with Crippen molar-refractivity contribution in [3.8, 4) is 23.1 Å². The van der Waals surface area contributed by atoms with Crippen molar-refractivity contribution in [2.45, 2.75) is 52.0 Å². The molecular weight excluding hydrogens is 490 g/mol. The zero-order valence-electron chi connectivity index (χ0n) is 22.1. The lowest BCUT2D eigenvalue weighted by atomic mass is 10.0. The highest BCUT2D eigenvalue weighted by Gasteiger charge is 2.32. The van der Waals surface area contributed by atoms with Crippen molar-refractivity contribution in [1.29, 1.82) is 0 Å². The molecule has 0 radical (unpaired) electrons. The van der Waals surface area contributed by atoms with Gasteiger partial charge < -0.3 is 16.0 Å². The molecule has 1 saturated heterocycles. The third-order valence-corrected chi connectivity index (χ3v) is 6.93. The quantitative estimate of drug-likeness (QED) is 0.357. The highest BCUT2D eigenvalue weighted by atomic mass is 16.2. The number of carbonyl (C=O) groups excluding carboxylic acids is 2. The van der Waals surface area contributed by atoms with E-state index in [1.807, 2.05) is 34.9 Å². The second kappa shape index (κ2) is 11.4. The fourth-order valence-corrected chi connectivity index (χ4v) is 5.10. The van der Waals surface area contributed by atoms with Gasteiger partial charge in [0.1, 0.15) is 28.7 Å². The van der Waals surface area contributed by atoms with E-state index < -0.39 is 0 Å². The van der Waals surface area contributed by atoms with E-state index in [-0.39, 0.29) is 17.9 Å². The van der Waals surface area contributed by atoms with Gasteiger partial charge in [-0.05, 0) is 68.4 Å². The number of amides is 2. The minimum absolute atomic E-state index is 0.201. The van der Waals surface area contributed by atoms with Crippen LogP contribution in [0.3, 0.4) is 0 Å². The van der Waals surface area contributed by atoms with E-state index in [1.165, 1.54) is 0 Å². The van der Waals surface area contributed by atoms with Crippen molar-refractivity contribution in [2.24, 2.45) is 0 Å². The van der Waals surface area contributed by atoms with Crippen LogP contribution in [0.15, 0.2) is 55.0 Å². The number of nitrogens with one attached hydrogen (secondary N) is 1. The molecule has 3 N–H and O–H groups in total. The van der Waals surface area contributed by atoms with Crippen LogP contribution >= 0.6 is 0 Å². The number of hydrogen-bond donors (Lipinski definition) is 2. The maximum Gasteiger partial charge on any atom is 0.299 e. The third kappa shape index (κ3) is 5.32. The molecular formula is C30H31N7O2. The number of fused-ring (bicyclic) bond motifs is 1. The average Bonchev–Trinajstić information content (AvgIpc) is 3.34. The van der Waals surface area contributed by atoms with Gasteiger partial charge in [-0.25, -0.2) is 15.0 Å². The summed E-state index contributed by atoms with van der Waals surface area (Å²) in [6.45, 7) is 4.40. The summed E-state index contributed by atoms with van der Waals surface area (Å²) in [5, 5.41) is 2.88. The number of pyridine rings is 1. The Morgan fingerprint density at radius 1 is 1.13 bits per heavy atom. The summed E-state index contributed by atoms with van der Waals surface area (Å²) in [7, 11) is 0.